The molecule has 0 amide bonds. The Morgan fingerprint density at radius 1 is 0.500 bits per heavy atom. The van der Waals surface area contributed by atoms with E-state index in [2.05, 4.69) is 133 Å². The van der Waals surface area contributed by atoms with Crippen molar-refractivity contribution >= 4 is 49.1 Å². The van der Waals surface area contributed by atoms with Gasteiger partial charge >= 0.3 is 0 Å². The summed E-state index contributed by atoms with van der Waals surface area (Å²) < 4.78 is 6.38. The smallest absolute Gasteiger partial charge is 0.143 e. The van der Waals surface area contributed by atoms with Crippen molar-refractivity contribution in [2.75, 3.05) is 0 Å². The third-order valence-electron chi connectivity index (χ3n) is 10.2. The van der Waals surface area contributed by atoms with Crippen LogP contribution in [0.2, 0.25) is 0 Å². The highest BCUT2D eigenvalue weighted by molar-refractivity contribution is 6.13. The Labute approximate surface area is 267 Å². The second kappa shape index (κ2) is 9.92. The van der Waals surface area contributed by atoms with Gasteiger partial charge in [0.25, 0.3) is 0 Å². The Balaban J connectivity index is 1.07. The van der Waals surface area contributed by atoms with Crippen LogP contribution in [0.15, 0.2) is 156 Å². The van der Waals surface area contributed by atoms with Crippen LogP contribution in [0.3, 0.4) is 0 Å². The molecule has 8 aromatic rings. The van der Waals surface area contributed by atoms with E-state index in [9.17, 15) is 0 Å². The summed E-state index contributed by atoms with van der Waals surface area (Å²) >= 11 is 0. The number of para-hydroxylation sites is 2. The number of hydrogen-bond acceptors (Lipinski definition) is 1. The Kier molecular flexibility index (Phi) is 5.53. The zero-order valence-electron chi connectivity index (χ0n) is 25.4. The molecule has 0 fully saturated rings. The SMILES string of the molecule is C1=CC2=C(CC1)c1ccc3ccc4ccc(-c5cccc(-c6cccc(-c7cccc8c7oc7ccccc78)c6)c5)cc4c3c1C2. The molecule has 0 bridgehead atoms. The summed E-state index contributed by atoms with van der Waals surface area (Å²) in [5.74, 6) is 0. The highest BCUT2D eigenvalue weighted by Gasteiger charge is 2.24. The molecule has 1 heterocycles. The summed E-state index contributed by atoms with van der Waals surface area (Å²) in [4.78, 5) is 0. The summed E-state index contributed by atoms with van der Waals surface area (Å²) in [7, 11) is 0. The van der Waals surface area contributed by atoms with E-state index in [0.717, 1.165) is 52.3 Å². The predicted molar refractivity (Wildman–Crippen MR) is 194 cm³/mol. The molecule has 1 aromatic heterocycles. The molecule has 7 aromatic carbocycles. The molecule has 0 N–H and O–H groups in total. The molecule has 2 aliphatic carbocycles. The summed E-state index contributed by atoms with van der Waals surface area (Å²) in [5, 5.41) is 7.71. The summed E-state index contributed by atoms with van der Waals surface area (Å²) in [5.41, 5.74) is 15.1. The Bertz CT molecular complexity index is 2610. The van der Waals surface area contributed by atoms with Crippen molar-refractivity contribution in [1.82, 2.24) is 0 Å². The zero-order valence-corrected chi connectivity index (χ0v) is 25.4. The highest BCUT2D eigenvalue weighted by atomic mass is 16.3. The second-order valence-electron chi connectivity index (χ2n) is 12.8. The molecule has 0 unspecified atom stereocenters. The van der Waals surface area contributed by atoms with Crippen LogP contribution in [0.5, 0.6) is 0 Å². The first-order valence-electron chi connectivity index (χ1n) is 16.3. The lowest BCUT2D eigenvalue weighted by atomic mass is 9.91. The summed E-state index contributed by atoms with van der Waals surface area (Å²) in [6, 6.07) is 48.8. The van der Waals surface area contributed by atoms with E-state index in [4.69, 9.17) is 4.42 Å². The van der Waals surface area contributed by atoms with Crippen LogP contribution in [0.25, 0.3) is 82.4 Å². The quantitative estimate of drug-likeness (QED) is 0.188. The van der Waals surface area contributed by atoms with Crippen LogP contribution in [0.1, 0.15) is 24.0 Å². The van der Waals surface area contributed by atoms with E-state index >= 15 is 0 Å². The molecule has 46 heavy (non-hydrogen) atoms. The van der Waals surface area contributed by atoms with Crippen LogP contribution in [0.4, 0.5) is 0 Å². The second-order valence-corrected chi connectivity index (χ2v) is 12.8. The lowest BCUT2D eigenvalue weighted by Crippen LogP contribution is -1.90. The van der Waals surface area contributed by atoms with Gasteiger partial charge < -0.3 is 4.42 Å². The third kappa shape index (κ3) is 3.88. The maximum Gasteiger partial charge on any atom is 0.143 e. The number of benzene rings is 7. The normalized spacial score (nSPS) is 14.1. The average Bonchev–Trinajstić information content (AvgIpc) is 3.70. The molecule has 10 rings (SSSR count). The van der Waals surface area contributed by atoms with Gasteiger partial charge in [0, 0.05) is 16.3 Å². The molecule has 0 aliphatic heterocycles. The number of fused-ring (bicyclic) bond motifs is 9. The van der Waals surface area contributed by atoms with Gasteiger partial charge in [-0.15, -0.1) is 0 Å². The van der Waals surface area contributed by atoms with Crippen molar-refractivity contribution in [3.05, 3.63) is 162 Å². The summed E-state index contributed by atoms with van der Waals surface area (Å²) in [6.07, 6.45) is 8.03. The van der Waals surface area contributed by atoms with Crippen LogP contribution in [-0.2, 0) is 6.42 Å². The van der Waals surface area contributed by atoms with Gasteiger partial charge in [-0.05, 0) is 115 Å². The molecule has 0 atom stereocenters. The van der Waals surface area contributed by atoms with Gasteiger partial charge in [-0.2, -0.15) is 0 Å². The fourth-order valence-corrected chi connectivity index (χ4v) is 7.96. The number of rotatable bonds is 3. The molecule has 0 saturated carbocycles. The molecular weight excluding hydrogens is 556 g/mol. The van der Waals surface area contributed by atoms with Gasteiger partial charge in [0.15, 0.2) is 0 Å². The molecule has 0 radical (unpaired) electrons. The van der Waals surface area contributed by atoms with E-state index in [1.54, 1.807) is 5.57 Å². The maximum atomic E-state index is 6.38. The van der Waals surface area contributed by atoms with Crippen molar-refractivity contribution in [2.45, 2.75) is 19.3 Å². The standard InChI is InChI=1S/C45H30O/c1-2-13-36-35(8-1)27-42-38(36)23-22-29-20-18-28-19-21-33(26-41(28)44(29)42)31-10-5-9-30(24-31)32-11-6-12-34(25-32)37-15-7-16-40-39-14-3-4-17-43(39)46-45(37)40/h1,3-12,14-26H,2,13,27H2. The van der Waals surface area contributed by atoms with Crippen LogP contribution < -0.4 is 0 Å². The molecule has 0 spiro atoms. The van der Waals surface area contributed by atoms with Crippen molar-refractivity contribution < 1.29 is 4.42 Å². The topological polar surface area (TPSA) is 13.1 Å². The van der Waals surface area contributed by atoms with Gasteiger partial charge in [0.05, 0.1) is 0 Å². The maximum absolute atomic E-state index is 6.38. The van der Waals surface area contributed by atoms with Gasteiger partial charge in [-0.3, -0.25) is 0 Å². The zero-order chi connectivity index (χ0) is 30.2. The number of furan rings is 1. The largest absolute Gasteiger partial charge is 0.455 e. The first-order valence-corrected chi connectivity index (χ1v) is 16.3. The first kappa shape index (κ1) is 25.6. The molecular formula is C45H30O. The third-order valence-corrected chi connectivity index (χ3v) is 10.2. The van der Waals surface area contributed by atoms with Crippen LogP contribution in [0, 0.1) is 0 Å². The summed E-state index contributed by atoms with van der Waals surface area (Å²) in [6.45, 7) is 0. The molecule has 0 saturated heterocycles. The minimum Gasteiger partial charge on any atom is -0.455 e. The highest BCUT2D eigenvalue weighted by Crippen LogP contribution is 2.44. The average molecular weight is 587 g/mol. The van der Waals surface area contributed by atoms with Gasteiger partial charge in [0.1, 0.15) is 11.2 Å². The van der Waals surface area contributed by atoms with Gasteiger partial charge in [0.2, 0.25) is 0 Å². The minimum atomic E-state index is 0.926. The minimum absolute atomic E-state index is 0.926. The fraction of sp³-hybridized carbons (Fsp3) is 0.0667. The molecule has 216 valence electrons. The van der Waals surface area contributed by atoms with E-state index in [0.29, 0.717) is 0 Å². The monoisotopic (exact) mass is 586 g/mol. The van der Waals surface area contributed by atoms with Gasteiger partial charge in [-0.1, -0.05) is 121 Å². The van der Waals surface area contributed by atoms with Crippen LogP contribution >= 0.6 is 0 Å². The van der Waals surface area contributed by atoms with Gasteiger partial charge in [-0.25, -0.2) is 0 Å². The lowest BCUT2D eigenvalue weighted by molar-refractivity contribution is 0.670. The van der Waals surface area contributed by atoms with E-state index in [-0.39, 0.29) is 0 Å². The Hall–Kier alpha value is -5.66. The van der Waals surface area contributed by atoms with Crippen LogP contribution in [-0.4, -0.2) is 0 Å². The Morgan fingerprint density at radius 3 is 2.09 bits per heavy atom. The van der Waals surface area contributed by atoms with E-state index in [1.165, 1.54) is 60.5 Å². The Morgan fingerprint density at radius 2 is 1.20 bits per heavy atom. The van der Waals surface area contributed by atoms with E-state index < -0.39 is 0 Å². The van der Waals surface area contributed by atoms with Crippen molar-refractivity contribution in [3.63, 3.8) is 0 Å². The number of allylic oxidation sites excluding steroid dienone is 4. The lowest BCUT2D eigenvalue weighted by Gasteiger charge is -2.13. The first-order chi connectivity index (χ1) is 22.8. The molecule has 1 nitrogen and oxygen atoms in total. The number of hydrogen-bond donors (Lipinski definition) is 0. The van der Waals surface area contributed by atoms with Crippen molar-refractivity contribution in [2.24, 2.45) is 0 Å². The molecule has 2 aliphatic rings. The van der Waals surface area contributed by atoms with Crippen molar-refractivity contribution in [3.8, 4) is 33.4 Å². The van der Waals surface area contributed by atoms with Crippen molar-refractivity contribution in [1.29, 1.82) is 0 Å². The molecule has 1 heteroatoms. The van der Waals surface area contributed by atoms with E-state index in [1.807, 2.05) is 12.1 Å². The fourth-order valence-electron chi connectivity index (χ4n) is 7.96. The predicted octanol–water partition coefficient (Wildman–Crippen LogP) is 12.6.